The lowest BCUT2D eigenvalue weighted by molar-refractivity contribution is -0.337. The van der Waals surface area contributed by atoms with Crippen molar-refractivity contribution in [2.24, 2.45) is 0 Å². The molecule has 0 saturated carbocycles. The Morgan fingerprint density at radius 1 is 1.25 bits per heavy atom. The van der Waals surface area contributed by atoms with Crippen LogP contribution in [0.5, 0.6) is 5.75 Å². The van der Waals surface area contributed by atoms with Crippen LogP contribution in [0.1, 0.15) is 18.8 Å². The third kappa shape index (κ3) is 3.38. The number of carbonyl (C=O) groups is 1. The first-order valence-electron chi connectivity index (χ1n) is 7.69. The molecule has 6 atom stereocenters. The number of ether oxygens (including phenoxy) is 4. The summed E-state index contributed by atoms with van der Waals surface area (Å²) in [6.45, 7) is 1.46. The normalized spacial score (nSPS) is 35.8. The fourth-order valence-electron chi connectivity index (χ4n) is 2.93. The van der Waals surface area contributed by atoms with Crippen molar-refractivity contribution in [1.82, 2.24) is 5.32 Å². The lowest BCUT2D eigenvalue weighted by Gasteiger charge is -2.46. The second-order valence-corrected chi connectivity index (χ2v) is 5.82. The number of aliphatic hydroxyl groups excluding tert-OH is 2. The van der Waals surface area contributed by atoms with Crippen molar-refractivity contribution in [2.75, 3.05) is 13.7 Å². The van der Waals surface area contributed by atoms with Gasteiger partial charge in [-0.3, -0.25) is 4.79 Å². The lowest BCUT2D eigenvalue weighted by atomic mass is 9.96. The van der Waals surface area contributed by atoms with Gasteiger partial charge in [-0.05, 0) is 12.1 Å². The Balaban J connectivity index is 1.73. The van der Waals surface area contributed by atoms with E-state index in [4.69, 9.17) is 18.9 Å². The van der Waals surface area contributed by atoms with Gasteiger partial charge >= 0.3 is 0 Å². The molecule has 132 valence electrons. The van der Waals surface area contributed by atoms with Crippen LogP contribution < -0.4 is 10.1 Å². The summed E-state index contributed by atoms with van der Waals surface area (Å²) >= 11 is 0. The van der Waals surface area contributed by atoms with Crippen LogP contribution in [0, 0.1) is 0 Å². The third-order valence-corrected chi connectivity index (χ3v) is 4.14. The van der Waals surface area contributed by atoms with Crippen molar-refractivity contribution >= 4 is 5.91 Å². The number of nitrogens with one attached hydrogen (secondary N) is 1. The van der Waals surface area contributed by atoms with Crippen molar-refractivity contribution in [3.63, 3.8) is 0 Å². The molecule has 0 spiro atoms. The molecule has 1 amide bonds. The highest BCUT2D eigenvalue weighted by molar-refractivity contribution is 5.73. The topological polar surface area (TPSA) is 106 Å². The van der Waals surface area contributed by atoms with Crippen molar-refractivity contribution in [1.29, 1.82) is 0 Å². The Bertz CT molecular complexity index is 578. The number of amides is 1. The zero-order chi connectivity index (χ0) is 17.3. The van der Waals surface area contributed by atoms with Gasteiger partial charge in [-0.1, -0.05) is 12.1 Å². The molecule has 0 aromatic heterocycles. The minimum atomic E-state index is -1.32. The number of fused-ring (bicyclic) bond motifs is 1. The van der Waals surface area contributed by atoms with Crippen molar-refractivity contribution in [3.05, 3.63) is 29.8 Å². The van der Waals surface area contributed by atoms with Crippen LogP contribution in [0.2, 0.25) is 0 Å². The maximum absolute atomic E-state index is 11.2. The van der Waals surface area contributed by atoms with Crippen LogP contribution in [0.4, 0.5) is 0 Å². The molecule has 2 heterocycles. The summed E-state index contributed by atoms with van der Waals surface area (Å²) in [6, 6.07) is 6.22. The van der Waals surface area contributed by atoms with E-state index >= 15 is 0 Å². The molecular weight excluding hydrogens is 318 g/mol. The molecule has 3 N–H and O–H groups in total. The number of hydrogen-bond acceptors (Lipinski definition) is 7. The largest absolute Gasteiger partial charge is 0.497 e. The van der Waals surface area contributed by atoms with Gasteiger partial charge in [0, 0.05) is 12.5 Å². The second kappa shape index (κ2) is 7.04. The Morgan fingerprint density at radius 3 is 2.58 bits per heavy atom. The first-order valence-corrected chi connectivity index (χ1v) is 7.69. The fourth-order valence-corrected chi connectivity index (χ4v) is 2.93. The van der Waals surface area contributed by atoms with Crippen LogP contribution in [-0.2, 0) is 19.0 Å². The van der Waals surface area contributed by atoms with Gasteiger partial charge in [-0.2, -0.15) is 0 Å². The van der Waals surface area contributed by atoms with E-state index in [9.17, 15) is 15.0 Å². The van der Waals surface area contributed by atoms with Crippen LogP contribution >= 0.6 is 0 Å². The average Bonchev–Trinajstić information content (AvgIpc) is 2.58. The van der Waals surface area contributed by atoms with E-state index in [-0.39, 0.29) is 12.5 Å². The molecule has 1 unspecified atom stereocenters. The molecule has 0 radical (unpaired) electrons. The van der Waals surface area contributed by atoms with E-state index in [0.717, 1.165) is 5.56 Å². The van der Waals surface area contributed by atoms with Gasteiger partial charge in [0.15, 0.2) is 12.6 Å². The van der Waals surface area contributed by atoms with Crippen molar-refractivity contribution < 1.29 is 34.0 Å². The zero-order valence-electron chi connectivity index (χ0n) is 13.4. The van der Waals surface area contributed by atoms with Crippen molar-refractivity contribution in [3.8, 4) is 5.75 Å². The SMILES string of the molecule is COc1ccc(C2OC[C@H]3O[C@H](O)[C@H](NC(C)=O)[C@@H](O)[C@@H]3O2)cc1. The predicted molar refractivity (Wildman–Crippen MR) is 81.1 cm³/mol. The molecule has 8 heteroatoms. The van der Waals surface area contributed by atoms with Gasteiger partial charge in [-0.25, -0.2) is 0 Å². The first kappa shape index (κ1) is 17.1. The number of methoxy groups -OCH3 is 1. The summed E-state index contributed by atoms with van der Waals surface area (Å²) in [5.74, 6) is 0.334. The van der Waals surface area contributed by atoms with Crippen molar-refractivity contribution in [2.45, 2.75) is 43.9 Å². The molecular formula is C16H21NO7. The molecule has 2 fully saturated rings. The smallest absolute Gasteiger partial charge is 0.217 e. The minimum absolute atomic E-state index is 0.155. The van der Waals surface area contributed by atoms with Gasteiger partial charge in [0.25, 0.3) is 0 Å². The highest BCUT2D eigenvalue weighted by Crippen LogP contribution is 2.34. The molecule has 2 aliphatic rings. The lowest BCUT2D eigenvalue weighted by Crippen LogP contribution is -2.66. The summed E-state index contributed by atoms with van der Waals surface area (Å²) in [5.41, 5.74) is 0.767. The van der Waals surface area contributed by atoms with E-state index < -0.39 is 36.9 Å². The highest BCUT2D eigenvalue weighted by atomic mass is 16.7. The second-order valence-electron chi connectivity index (χ2n) is 5.82. The molecule has 3 rings (SSSR count). The number of aliphatic hydroxyl groups is 2. The van der Waals surface area contributed by atoms with Crippen LogP contribution in [0.3, 0.4) is 0 Å². The van der Waals surface area contributed by atoms with E-state index in [1.807, 2.05) is 0 Å². The van der Waals surface area contributed by atoms with Gasteiger partial charge in [0.2, 0.25) is 5.91 Å². The summed E-state index contributed by atoms with van der Waals surface area (Å²) in [4.78, 5) is 11.2. The Labute approximate surface area is 139 Å². The maximum atomic E-state index is 11.2. The monoisotopic (exact) mass is 339 g/mol. The number of rotatable bonds is 3. The van der Waals surface area contributed by atoms with Gasteiger partial charge in [0.1, 0.15) is 30.1 Å². The summed E-state index contributed by atoms with van der Waals surface area (Å²) in [7, 11) is 1.58. The zero-order valence-corrected chi connectivity index (χ0v) is 13.4. The Morgan fingerprint density at radius 2 is 1.96 bits per heavy atom. The predicted octanol–water partition coefficient (Wildman–Crippen LogP) is -0.308. The molecule has 0 aliphatic carbocycles. The average molecular weight is 339 g/mol. The first-order chi connectivity index (χ1) is 11.5. The third-order valence-electron chi connectivity index (χ3n) is 4.14. The minimum Gasteiger partial charge on any atom is -0.497 e. The molecule has 24 heavy (non-hydrogen) atoms. The Kier molecular flexibility index (Phi) is 5.02. The molecule has 1 aromatic carbocycles. The highest BCUT2D eigenvalue weighted by Gasteiger charge is 2.49. The van der Waals surface area contributed by atoms with E-state index in [0.29, 0.717) is 5.75 Å². The number of carbonyl (C=O) groups excluding carboxylic acids is 1. The maximum Gasteiger partial charge on any atom is 0.217 e. The van der Waals surface area contributed by atoms with E-state index in [2.05, 4.69) is 5.32 Å². The van der Waals surface area contributed by atoms with E-state index in [1.165, 1.54) is 6.92 Å². The Hall–Kier alpha value is -1.71. The molecule has 2 saturated heterocycles. The summed E-state index contributed by atoms with van der Waals surface area (Å²) < 4.78 is 22.0. The molecule has 2 aliphatic heterocycles. The quantitative estimate of drug-likeness (QED) is 0.694. The van der Waals surface area contributed by atoms with Crippen LogP contribution in [0.25, 0.3) is 0 Å². The standard InChI is InChI=1S/C16H21NO7/c1-8(18)17-12-13(19)14-11(23-15(12)20)7-22-16(24-14)9-3-5-10(21-2)6-4-9/h3-6,11-16,19-20H,7H2,1-2H3,(H,17,18)/t11-,12-,13-,14-,15+,16?/m1/s1. The van der Waals surface area contributed by atoms with Crippen LogP contribution in [0.15, 0.2) is 24.3 Å². The molecule has 0 bridgehead atoms. The number of hydrogen-bond donors (Lipinski definition) is 3. The van der Waals surface area contributed by atoms with Gasteiger partial charge in [0.05, 0.1) is 13.7 Å². The molecule has 8 nitrogen and oxygen atoms in total. The van der Waals surface area contributed by atoms with E-state index in [1.54, 1.807) is 31.4 Å². The number of benzene rings is 1. The summed E-state index contributed by atoms with van der Waals surface area (Å²) in [5, 5.41) is 22.9. The summed E-state index contributed by atoms with van der Waals surface area (Å²) in [6.07, 6.45) is -4.47. The molecule has 1 aromatic rings. The fraction of sp³-hybridized carbons (Fsp3) is 0.562. The van der Waals surface area contributed by atoms with Gasteiger partial charge < -0.3 is 34.5 Å². The van der Waals surface area contributed by atoms with Crippen LogP contribution in [-0.4, -0.2) is 60.5 Å². The van der Waals surface area contributed by atoms with Gasteiger partial charge in [-0.15, -0.1) is 0 Å².